The molecule has 0 saturated heterocycles. The Hall–Kier alpha value is -1.32. The van der Waals surface area contributed by atoms with Crippen molar-refractivity contribution in [3.63, 3.8) is 0 Å². The Morgan fingerprint density at radius 2 is 1.65 bits per heavy atom. The molecule has 2 N–H and O–H groups in total. The van der Waals surface area contributed by atoms with Crippen molar-refractivity contribution in [1.82, 2.24) is 0 Å². The van der Waals surface area contributed by atoms with Gasteiger partial charge in [0.05, 0.1) is 7.11 Å². The molecule has 20 heavy (non-hydrogen) atoms. The second-order valence-corrected chi connectivity index (χ2v) is 4.62. The monoisotopic (exact) mass is 335 g/mol. The summed E-state index contributed by atoms with van der Waals surface area (Å²) in [4.78, 5) is 0. The van der Waals surface area contributed by atoms with Gasteiger partial charge in [0, 0.05) is 0 Å². The summed E-state index contributed by atoms with van der Waals surface area (Å²) in [7, 11) is 1.73. The minimum absolute atomic E-state index is 0. The predicted octanol–water partition coefficient (Wildman–Crippen LogP) is 3.56. The molecule has 2 rings (SSSR count). The number of hydrogen-bond donors (Lipinski definition) is 1. The van der Waals surface area contributed by atoms with Crippen molar-refractivity contribution in [2.45, 2.75) is 19.3 Å². The van der Waals surface area contributed by atoms with E-state index < -0.39 is 0 Å². The number of halogens is 1. The Kier molecular flexibility index (Phi) is 7.34. The van der Waals surface area contributed by atoms with Crippen LogP contribution in [0, 0.1) is 0 Å². The standard InChI is InChI=1S/C17H21NO.BrH/c1-19-17-9-5-8-15(12-13-18)16(17)11-10-14-6-3-2-4-7-14;/h2-9H,10-13,18H2,1H3;1H. The molecular weight excluding hydrogens is 314 g/mol. The van der Waals surface area contributed by atoms with E-state index in [9.17, 15) is 0 Å². The summed E-state index contributed by atoms with van der Waals surface area (Å²) in [6, 6.07) is 16.8. The van der Waals surface area contributed by atoms with Gasteiger partial charge < -0.3 is 10.5 Å². The number of benzene rings is 2. The fourth-order valence-corrected chi connectivity index (χ4v) is 2.39. The van der Waals surface area contributed by atoms with Crippen LogP contribution in [0.4, 0.5) is 0 Å². The fraction of sp³-hybridized carbons (Fsp3) is 0.294. The molecular formula is C17H22BrNO. The Balaban J connectivity index is 0.00000200. The lowest BCUT2D eigenvalue weighted by Gasteiger charge is -2.13. The molecule has 0 heterocycles. The van der Waals surface area contributed by atoms with Gasteiger partial charge in [-0.1, -0.05) is 42.5 Å². The van der Waals surface area contributed by atoms with Crippen molar-refractivity contribution in [3.8, 4) is 5.75 Å². The third-order valence-electron chi connectivity index (χ3n) is 3.37. The molecule has 0 aliphatic heterocycles. The van der Waals surface area contributed by atoms with Crippen molar-refractivity contribution in [2.24, 2.45) is 5.73 Å². The van der Waals surface area contributed by atoms with E-state index in [0.29, 0.717) is 6.54 Å². The van der Waals surface area contributed by atoms with Gasteiger partial charge in [0.1, 0.15) is 5.75 Å². The Bertz CT molecular complexity index is 514. The van der Waals surface area contributed by atoms with Crippen LogP contribution in [-0.4, -0.2) is 13.7 Å². The van der Waals surface area contributed by atoms with E-state index in [2.05, 4.69) is 30.3 Å². The van der Waals surface area contributed by atoms with Gasteiger partial charge in [0.25, 0.3) is 0 Å². The minimum Gasteiger partial charge on any atom is -0.496 e. The summed E-state index contributed by atoms with van der Waals surface area (Å²) < 4.78 is 5.48. The molecule has 2 aromatic rings. The predicted molar refractivity (Wildman–Crippen MR) is 89.9 cm³/mol. The molecule has 0 aromatic heterocycles. The Morgan fingerprint density at radius 1 is 0.900 bits per heavy atom. The second-order valence-electron chi connectivity index (χ2n) is 4.62. The van der Waals surface area contributed by atoms with E-state index in [1.54, 1.807) is 7.11 Å². The number of hydrogen-bond acceptors (Lipinski definition) is 2. The lowest BCUT2D eigenvalue weighted by atomic mass is 9.97. The number of rotatable bonds is 6. The Morgan fingerprint density at radius 3 is 2.30 bits per heavy atom. The van der Waals surface area contributed by atoms with Gasteiger partial charge in [0.2, 0.25) is 0 Å². The van der Waals surface area contributed by atoms with Crippen LogP contribution in [0.1, 0.15) is 16.7 Å². The molecule has 0 bridgehead atoms. The molecule has 0 amide bonds. The highest BCUT2D eigenvalue weighted by molar-refractivity contribution is 8.93. The summed E-state index contributed by atoms with van der Waals surface area (Å²) in [5, 5.41) is 0. The highest BCUT2D eigenvalue weighted by Gasteiger charge is 2.08. The smallest absolute Gasteiger partial charge is 0.122 e. The van der Waals surface area contributed by atoms with Crippen LogP contribution in [-0.2, 0) is 19.3 Å². The number of methoxy groups -OCH3 is 1. The van der Waals surface area contributed by atoms with Crippen molar-refractivity contribution in [2.75, 3.05) is 13.7 Å². The first kappa shape index (κ1) is 16.7. The zero-order valence-electron chi connectivity index (χ0n) is 11.8. The van der Waals surface area contributed by atoms with Crippen LogP contribution in [0.3, 0.4) is 0 Å². The van der Waals surface area contributed by atoms with Crippen LogP contribution in [0.2, 0.25) is 0 Å². The van der Waals surface area contributed by atoms with Crippen LogP contribution >= 0.6 is 17.0 Å². The summed E-state index contributed by atoms with van der Waals surface area (Å²) in [5.74, 6) is 0.974. The largest absolute Gasteiger partial charge is 0.496 e. The average molecular weight is 336 g/mol. The molecule has 0 radical (unpaired) electrons. The molecule has 108 valence electrons. The first-order chi connectivity index (χ1) is 9.35. The third-order valence-corrected chi connectivity index (χ3v) is 3.37. The molecule has 0 unspecified atom stereocenters. The zero-order chi connectivity index (χ0) is 13.5. The van der Waals surface area contributed by atoms with E-state index in [1.165, 1.54) is 16.7 Å². The molecule has 0 fully saturated rings. The average Bonchev–Trinajstić information content (AvgIpc) is 2.47. The topological polar surface area (TPSA) is 35.2 Å². The summed E-state index contributed by atoms with van der Waals surface area (Å²) in [6.07, 6.45) is 2.92. The highest BCUT2D eigenvalue weighted by atomic mass is 79.9. The summed E-state index contributed by atoms with van der Waals surface area (Å²) in [6.45, 7) is 0.672. The van der Waals surface area contributed by atoms with E-state index in [-0.39, 0.29) is 17.0 Å². The maximum atomic E-state index is 5.69. The van der Waals surface area contributed by atoms with Gasteiger partial charge in [-0.3, -0.25) is 0 Å². The van der Waals surface area contributed by atoms with Crippen LogP contribution in [0.5, 0.6) is 5.75 Å². The molecule has 0 aliphatic rings. The van der Waals surface area contributed by atoms with E-state index in [1.807, 2.05) is 18.2 Å². The molecule has 2 aromatic carbocycles. The molecule has 0 atom stereocenters. The number of nitrogens with two attached hydrogens (primary N) is 1. The van der Waals surface area contributed by atoms with Gasteiger partial charge in [0.15, 0.2) is 0 Å². The van der Waals surface area contributed by atoms with Crippen molar-refractivity contribution < 1.29 is 4.74 Å². The van der Waals surface area contributed by atoms with Crippen molar-refractivity contribution >= 4 is 17.0 Å². The molecule has 0 spiro atoms. The molecule has 3 heteroatoms. The SMILES string of the molecule is Br.COc1cccc(CCN)c1CCc1ccccc1. The maximum Gasteiger partial charge on any atom is 0.122 e. The van der Waals surface area contributed by atoms with Gasteiger partial charge in [-0.05, 0) is 48.6 Å². The second kappa shape index (κ2) is 8.77. The number of aryl methyl sites for hydroxylation is 1. The van der Waals surface area contributed by atoms with Gasteiger partial charge in [-0.15, -0.1) is 17.0 Å². The molecule has 2 nitrogen and oxygen atoms in total. The first-order valence-corrected chi connectivity index (χ1v) is 6.74. The normalized spacial score (nSPS) is 9.90. The Labute approximate surface area is 131 Å². The van der Waals surface area contributed by atoms with Gasteiger partial charge >= 0.3 is 0 Å². The first-order valence-electron chi connectivity index (χ1n) is 6.74. The number of ether oxygens (including phenoxy) is 1. The van der Waals surface area contributed by atoms with Crippen molar-refractivity contribution in [3.05, 3.63) is 65.2 Å². The quantitative estimate of drug-likeness (QED) is 0.875. The zero-order valence-corrected chi connectivity index (χ0v) is 13.6. The maximum absolute atomic E-state index is 5.69. The summed E-state index contributed by atoms with van der Waals surface area (Å²) >= 11 is 0. The minimum atomic E-state index is 0. The fourth-order valence-electron chi connectivity index (χ4n) is 2.39. The molecule has 0 aliphatic carbocycles. The van der Waals surface area contributed by atoms with Gasteiger partial charge in [-0.2, -0.15) is 0 Å². The van der Waals surface area contributed by atoms with Crippen LogP contribution in [0.15, 0.2) is 48.5 Å². The van der Waals surface area contributed by atoms with Gasteiger partial charge in [-0.25, -0.2) is 0 Å². The van der Waals surface area contributed by atoms with E-state index >= 15 is 0 Å². The molecule has 0 saturated carbocycles. The van der Waals surface area contributed by atoms with Crippen molar-refractivity contribution in [1.29, 1.82) is 0 Å². The van der Waals surface area contributed by atoms with E-state index in [4.69, 9.17) is 10.5 Å². The summed E-state index contributed by atoms with van der Waals surface area (Å²) in [5.41, 5.74) is 9.64. The third kappa shape index (κ3) is 4.36. The lowest BCUT2D eigenvalue weighted by Crippen LogP contribution is -2.07. The van der Waals surface area contributed by atoms with Crippen LogP contribution in [0.25, 0.3) is 0 Å². The highest BCUT2D eigenvalue weighted by Crippen LogP contribution is 2.24. The van der Waals surface area contributed by atoms with Crippen LogP contribution < -0.4 is 10.5 Å². The van der Waals surface area contributed by atoms with E-state index in [0.717, 1.165) is 25.0 Å². The lowest BCUT2D eigenvalue weighted by molar-refractivity contribution is 0.409.